The fourth-order valence-corrected chi connectivity index (χ4v) is 3.29. The number of benzene rings is 1. The van der Waals surface area contributed by atoms with E-state index in [4.69, 9.17) is 4.74 Å². The van der Waals surface area contributed by atoms with E-state index in [0.717, 1.165) is 11.8 Å². The van der Waals surface area contributed by atoms with Crippen molar-refractivity contribution >= 4 is 15.7 Å². The van der Waals surface area contributed by atoms with Crippen molar-refractivity contribution < 1.29 is 17.9 Å². The van der Waals surface area contributed by atoms with Gasteiger partial charge in [-0.05, 0) is 42.8 Å². The summed E-state index contributed by atoms with van der Waals surface area (Å²) in [5, 5.41) is 7.06. The van der Waals surface area contributed by atoms with Gasteiger partial charge in [0.2, 0.25) is 5.91 Å². The Morgan fingerprint density at radius 2 is 1.93 bits per heavy atom. The van der Waals surface area contributed by atoms with E-state index in [1.807, 2.05) is 18.2 Å². The minimum atomic E-state index is -3.22. The molecule has 0 bridgehead atoms. The first-order valence-corrected chi connectivity index (χ1v) is 11.0. The van der Waals surface area contributed by atoms with Gasteiger partial charge in [0.05, 0.1) is 11.5 Å². The minimum Gasteiger partial charge on any atom is -0.494 e. The molecule has 1 amide bonds. The lowest BCUT2D eigenvalue weighted by atomic mass is 10.2. The molecule has 0 radical (unpaired) electrons. The highest BCUT2D eigenvalue weighted by atomic mass is 32.2. The average molecular weight is 414 g/mol. The number of carbonyl (C=O) groups is 1. The fourth-order valence-electron chi connectivity index (χ4n) is 2.66. The number of amides is 1. The molecular formula is C20H22N4O4S. The lowest BCUT2D eigenvalue weighted by Crippen LogP contribution is -2.24. The number of rotatable bonds is 9. The Morgan fingerprint density at radius 1 is 1.14 bits per heavy atom. The Bertz CT molecular complexity index is 1050. The molecule has 3 aromatic rings. The van der Waals surface area contributed by atoms with E-state index < -0.39 is 9.84 Å². The number of carbonyl (C=O) groups excluding carboxylic acids is 1. The van der Waals surface area contributed by atoms with Crippen LogP contribution in [0.1, 0.15) is 18.4 Å². The highest BCUT2D eigenvalue weighted by Crippen LogP contribution is 2.16. The van der Waals surface area contributed by atoms with Gasteiger partial charge in [-0.2, -0.15) is 5.10 Å². The van der Waals surface area contributed by atoms with E-state index >= 15 is 0 Å². The van der Waals surface area contributed by atoms with Crippen LogP contribution in [-0.2, 0) is 21.2 Å². The van der Waals surface area contributed by atoms with Gasteiger partial charge in [-0.1, -0.05) is 6.07 Å². The molecule has 0 aliphatic heterocycles. The van der Waals surface area contributed by atoms with Crippen LogP contribution in [0.2, 0.25) is 0 Å². The van der Waals surface area contributed by atoms with Gasteiger partial charge < -0.3 is 10.1 Å². The van der Waals surface area contributed by atoms with Gasteiger partial charge in [-0.15, -0.1) is 0 Å². The van der Waals surface area contributed by atoms with Crippen molar-refractivity contribution in [2.24, 2.45) is 0 Å². The third kappa shape index (κ3) is 5.89. The minimum absolute atomic E-state index is 0.0868. The third-order valence-corrected chi connectivity index (χ3v) is 5.26. The van der Waals surface area contributed by atoms with Crippen LogP contribution in [0.4, 0.5) is 0 Å². The van der Waals surface area contributed by atoms with Crippen molar-refractivity contribution in [3.63, 3.8) is 0 Å². The van der Waals surface area contributed by atoms with Crippen molar-refractivity contribution in [2.75, 3.05) is 12.9 Å². The summed E-state index contributed by atoms with van der Waals surface area (Å²) in [7, 11) is -3.22. The Kier molecular flexibility index (Phi) is 6.61. The van der Waals surface area contributed by atoms with Gasteiger partial charge in [-0.25, -0.2) is 18.1 Å². The Morgan fingerprint density at radius 3 is 2.62 bits per heavy atom. The highest BCUT2D eigenvalue weighted by molar-refractivity contribution is 7.90. The van der Waals surface area contributed by atoms with Crippen LogP contribution in [-0.4, -0.2) is 42.0 Å². The molecule has 9 heteroatoms. The summed E-state index contributed by atoms with van der Waals surface area (Å²) in [4.78, 5) is 16.7. The molecule has 0 unspecified atom stereocenters. The summed E-state index contributed by atoms with van der Waals surface area (Å²) in [6.45, 7) is 0.715. The largest absolute Gasteiger partial charge is 0.494 e. The second kappa shape index (κ2) is 9.33. The molecule has 0 atom stereocenters. The zero-order chi connectivity index (χ0) is 20.7. The molecule has 3 rings (SSSR count). The molecular weight excluding hydrogens is 392 g/mol. The van der Waals surface area contributed by atoms with E-state index in [9.17, 15) is 13.2 Å². The summed E-state index contributed by atoms with van der Waals surface area (Å²) in [6.07, 6.45) is 7.17. The topological polar surface area (TPSA) is 103 Å². The number of aromatic nitrogens is 3. The number of hydrogen-bond donors (Lipinski definition) is 1. The number of nitrogens with zero attached hydrogens (tertiary/aromatic N) is 3. The monoisotopic (exact) mass is 414 g/mol. The number of ether oxygens (including phenoxy) is 1. The first-order chi connectivity index (χ1) is 13.9. The summed E-state index contributed by atoms with van der Waals surface area (Å²) in [6, 6.07) is 11.7. The molecule has 1 aromatic carbocycles. The molecule has 29 heavy (non-hydrogen) atoms. The lowest BCUT2D eigenvalue weighted by Gasteiger charge is -2.10. The van der Waals surface area contributed by atoms with Crippen LogP contribution in [0.3, 0.4) is 0 Å². The maximum Gasteiger partial charge on any atom is 0.220 e. The highest BCUT2D eigenvalue weighted by Gasteiger charge is 2.09. The Balaban J connectivity index is 1.42. The summed E-state index contributed by atoms with van der Waals surface area (Å²) < 4.78 is 30.1. The van der Waals surface area contributed by atoms with Crippen molar-refractivity contribution in [1.82, 2.24) is 20.1 Å². The number of sulfone groups is 1. The van der Waals surface area contributed by atoms with Crippen molar-refractivity contribution in [3.05, 3.63) is 66.6 Å². The molecule has 0 saturated carbocycles. The van der Waals surface area contributed by atoms with E-state index in [2.05, 4.69) is 15.4 Å². The number of nitrogens with one attached hydrogen (secondary N) is 1. The SMILES string of the molecule is CS(=O)(=O)c1ccc(OCCCC(=O)NCc2cccnc2-n2cccn2)cc1. The van der Waals surface area contributed by atoms with Gasteiger partial charge in [0.25, 0.3) is 0 Å². The lowest BCUT2D eigenvalue weighted by molar-refractivity contribution is -0.121. The number of hydrogen-bond acceptors (Lipinski definition) is 6. The third-order valence-electron chi connectivity index (χ3n) is 4.13. The maximum absolute atomic E-state index is 12.1. The molecule has 8 nitrogen and oxygen atoms in total. The van der Waals surface area contributed by atoms with Crippen LogP contribution >= 0.6 is 0 Å². The fraction of sp³-hybridized carbons (Fsp3) is 0.250. The van der Waals surface area contributed by atoms with E-state index in [1.165, 1.54) is 12.1 Å². The molecule has 0 saturated heterocycles. The first kappa shape index (κ1) is 20.5. The molecule has 152 valence electrons. The summed E-state index contributed by atoms with van der Waals surface area (Å²) in [5.74, 6) is 1.16. The molecule has 2 heterocycles. The van der Waals surface area contributed by atoms with Gasteiger partial charge in [0, 0.05) is 43.4 Å². The van der Waals surface area contributed by atoms with E-state index in [-0.39, 0.29) is 10.8 Å². The molecule has 0 aliphatic rings. The molecule has 0 fully saturated rings. The molecule has 2 aromatic heterocycles. The standard InChI is InChI=1S/C20H22N4O4S/c1-29(26,27)18-9-7-17(8-10-18)28-14-3-6-19(25)22-15-16-5-2-11-21-20(16)24-13-4-12-23-24/h2,4-5,7-13H,3,6,14-15H2,1H3,(H,22,25). The molecule has 1 N–H and O–H groups in total. The first-order valence-electron chi connectivity index (χ1n) is 9.07. The van der Waals surface area contributed by atoms with Crippen molar-refractivity contribution in [1.29, 1.82) is 0 Å². The van der Waals surface area contributed by atoms with Crippen LogP contribution in [0.5, 0.6) is 5.75 Å². The van der Waals surface area contributed by atoms with Gasteiger partial charge in [-0.3, -0.25) is 4.79 Å². The normalized spacial score (nSPS) is 11.2. The molecule has 0 aliphatic carbocycles. The zero-order valence-corrected chi connectivity index (χ0v) is 16.8. The van der Waals surface area contributed by atoms with Gasteiger partial charge in [0.1, 0.15) is 5.75 Å². The second-order valence-electron chi connectivity index (χ2n) is 6.41. The average Bonchev–Trinajstić information content (AvgIpc) is 3.24. The van der Waals surface area contributed by atoms with Gasteiger partial charge in [0.15, 0.2) is 15.7 Å². The van der Waals surface area contributed by atoms with E-state index in [1.54, 1.807) is 35.4 Å². The predicted octanol–water partition coefficient (Wildman–Crippen LogP) is 2.15. The summed E-state index contributed by atoms with van der Waals surface area (Å²) >= 11 is 0. The molecule has 0 spiro atoms. The van der Waals surface area contributed by atoms with Crippen molar-refractivity contribution in [3.8, 4) is 11.6 Å². The number of pyridine rings is 1. The smallest absolute Gasteiger partial charge is 0.220 e. The van der Waals surface area contributed by atoms with Crippen LogP contribution in [0.25, 0.3) is 5.82 Å². The van der Waals surface area contributed by atoms with Crippen LogP contribution < -0.4 is 10.1 Å². The zero-order valence-electron chi connectivity index (χ0n) is 16.0. The van der Waals surface area contributed by atoms with Crippen molar-refractivity contribution in [2.45, 2.75) is 24.3 Å². The van der Waals surface area contributed by atoms with Crippen LogP contribution in [0, 0.1) is 0 Å². The second-order valence-corrected chi connectivity index (χ2v) is 8.42. The van der Waals surface area contributed by atoms with Crippen LogP contribution in [0.15, 0.2) is 66.0 Å². The Hall–Kier alpha value is -3.20. The summed E-state index contributed by atoms with van der Waals surface area (Å²) in [5.41, 5.74) is 0.867. The van der Waals surface area contributed by atoms with E-state index in [0.29, 0.717) is 37.6 Å². The van der Waals surface area contributed by atoms with Gasteiger partial charge >= 0.3 is 0 Å². The maximum atomic E-state index is 12.1. The predicted molar refractivity (Wildman–Crippen MR) is 107 cm³/mol. The Labute approximate surface area is 169 Å². The quantitative estimate of drug-likeness (QED) is 0.538.